The first-order valence-electron chi connectivity index (χ1n) is 12.3. The third-order valence-corrected chi connectivity index (χ3v) is 8.00. The molecule has 2 heterocycles. The van der Waals surface area contributed by atoms with Crippen LogP contribution in [0.15, 0.2) is 34.2 Å². The van der Waals surface area contributed by atoms with Gasteiger partial charge in [-0.3, -0.25) is 14.7 Å². The molecule has 37 heavy (non-hydrogen) atoms. The van der Waals surface area contributed by atoms with Crippen molar-refractivity contribution in [3.8, 4) is 0 Å². The molecule has 0 radical (unpaired) electrons. The van der Waals surface area contributed by atoms with E-state index in [1.165, 1.54) is 0 Å². The summed E-state index contributed by atoms with van der Waals surface area (Å²) in [6, 6.07) is 1.79. The Hall–Kier alpha value is -2.05. The Labute approximate surface area is 215 Å². The van der Waals surface area contributed by atoms with Crippen molar-refractivity contribution in [1.82, 2.24) is 10.2 Å². The van der Waals surface area contributed by atoms with E-state index in [1.807, 2.05) is 6.08 Å². The summed E-state index contributed by atoms with van der Waals surface area (Å²) in [5.41, 5.74) is -2.76. The monoisotopic (exact) mass is 549 g/mol. The normalized spacial score (nSPS) is 26.7. The highest BCUT2D eigenvalue weighted by Gasteiger charge is 2.38. The van der Waals surface area contributed by atoms with Crippen molar-refractivity contribution in [2.45, 2.75) is 63.5 Å². The van der Waals surface area contributed by atoms with Crippen molar-refractivity contribution < 1.29 is 36.2 Å². The van der Waals surface area contributed by atoms with E-state index in [2.05, 4.69) is 10.3 Å². The molecule has 2 atom stereocenters. The van der Waals surface area contributed by atoms with Gasteiger partial charge >= 0.3 is 12.4 Å². The number of hydrogen-bond donors (Lipinski definition) is 2. The Morgan fingerprint density at radius 1 is 1.05 bits per heavy atom. The van der Waals surface area contributed by atoms with E-state index in [0.717, 1.165) is 48.4 Å². The summed E-state index contributed by atoms with van der Waals surface area (Å²) in [7, 11) is 0. The molecular formula is C25H29F6N3O2S. The number of nitrogens with zero attached hydrogens (tertiary/aromatic N) is 2. The van der Waals surface area contributed by atoms with Crippen molar-refractivity contribution in [1.29, 1.82) is 0 Å². The number of aliphatic hydroxyl groups is 1. The highest BCUT2D eigenvalue weighted by Crippen LogP contribution is 2.38. The quantitative estimate of drug-likeness (QED) is 0.428. The van der Waals surface area contributed by atoms with Crippen LogP contribution in [0.25, 0.3) is 0 Å². The van der Waals surface area contributed by atoms with Crippen molar-refractivity contribution in [2.75, 3.05) is 19.6 Å². The van der Waals surface area contributed by atoms with Crippen LogP contribution < -0.4 is 5.32 Å². The van der Waals surface area contributed by atoms with Crippen molar-refractivity contribution in [3.63, 3.8) is 0 Å². The lowest BCUT2D eigenvalue weighted by Crippen LogP contribution is -2.33. The molecule has 5 nitrogen and oxygen atoms in total. The number of carbonyl (C=O) groups is 1. The molecular weight excluding hydrogens is 520 g/mol. The fourth-order valence-corrected chi connectivity index (χ4v) is 5.88. The lowest BCUT2D eigenvalue weighted by atomic mass is 9.87. The van der Waals surface area contributed by atoms with Crippen LogP contribution in [0.3, 0.4) is 0 Å². The summed E-state index contributed by atoms with van der Waals surface area (Å²) in [5, 5.41) is 12.7. The lowest BCUT2D eigenvalue weighted by molar-refractivity contribution is -0.143. The Morgan fingerprint density at radius 2 is 1.76 bits per heavy atom. The predicted octanol–water partition coefficient (Wildman–Crippen LogP) is 6.23. The first-order chi connectivity index (χ1) is 17.4. The van der Waals surface area contributed by atoms with Crippen molar-refractivity contribution >= 4 is 22.8 Å². The molecule has 1 aromatic rings. The average Bonchev–Trinajstić information content (AvgIpc) is 3.17. The first-order valence-corrected chi connectivity index (χ1v) is 13.1. The Bertz CT molecular complexity index is 1050. The van der Waals surface area contributed by atoms with E-state index in [4.69, 9.17) is 0 Å². The molecule has 1 saturated carbocycles. The number of carbonyl (C=O) groups excluding carboxylic acids is 1. The molecule has 204 valence electrons. The summed E-state index contributed by atoms with van der Waals surface area (Å²) < 4.78 is 79.2. The van der Waals surface area contributed by atoms with Crippen LogP contribution >= 0.6 is 11.8 Å². The number of hydrogen-bond acceptors (Lipinski definition) is 5. The molecule has 4 rings (SSSR count). The van der Waals surface area contributed by atoms with Crippen LogP contribution in [0.1, 0.15) is 55.2 Å². The molecule has 0 aromatic heterocycles. The van der Waals surface area contributed by atoms with Gasteiger partial charge < -0.3 is 10.4 Å². The second-order valence-electron chi connectivity index (χ2n) is 9.83. The number of likely N-dealkylation sites (tertiary alicyclic amines) is 1. The number of aliphatic hydroxyl groups excluding tert-OH is 1. The van der Waals surface area contributed by atoms with Crippen LogP contribution in [0.4, 0.5) is 31.1 Å². The fourth-order valence-electron chi connectivity index (χ4n) is 5.06. The van der Waals surface area contributed by atoms with Gasteiger partial charge in [-0.2, -0.15) is 26.3 Å². The zero-order valence-electron chi connectivity index (χ0n) is 20.0. The Balaban J connectivity index is 1.38. The molecule has 1 amide bonds. The minimum atomic E-state index is -4.89. The van der Waals surface area contributed by atoms with E-state index >= 15 is 0 Å². The molecule has 2 aliphatic heterocycles. The van der Waals surface area contributed by atoms with Crippen LogP contribution in [-0.2, 0) is 18.9 Å². The second kappa shape index (κ2) is 11.4. The number of thioether (sulfide) groups is 1. The number of alkyl halides is 6. The number of aliphatic imine (C=N–C) groups is 1. The van der Waals surface area contributed by atoms with Gasteiger partial charge in [-0.1, -0.05) is 25.0 Å². The maximum Gasteiger partial charge on any atom is 0.416 e. The van der Waals surface area contributed by atoms with E-state index in [9.17, 15) is 36.2 Å². The zero-order valence-corrected chi connectivity index (χ0v) is 20.9. The van der Waals surface area contributed by atoms with Gasteiger partial charge in [0.25, 0.3) is 5.24 Å². The van der Waals surface area contributed by atoms with Gasteiger partial charge in [0.2, 0.25) is 0 Å². The third-order valence-electron chi connectivity index (χ3n) is 7.17. The fraction of sp³-hybridized carbons (Fsp3) is 0.600. The Kier molecular flexibility index (Phi) is 8.59. The Morgan fingerprint density at radius 3 is 2.41 bits per heavy atom. The van der Waals surface area contributed by atoms with Crippen LogP contribution in [0, 0.1) is 11.8 Å². The van der Waals surface area contributed by atoms with Gasteiger partial charge in [-0.25, -0.2) is 0 Å². The second-order valence-corrected chi connectivity index (χ2v) is 10.8. The van der Waals surface area contributed by atoms with Crippen LogP contribution in [-0.4, -0.2) is 46.8 Å². The predicted molar refractivity (Wildman–Crippen MR) is 129 cm³/mol. The first kappa shape index (κ1) is 28.0. The highest BCUT2D eigenvalue weighted by molar-refractivity contribution is 8.18. The summed E-state index contributed by atoms with van der Waals surface area (Å²) in [6.07, 6.45) is -3.19. The molecule has 2 N–H and O–H groups in total. The van der Waals surface area contributed by atoms with Gasteiger partial charge in [-0.05, 0) is 74.1 Å². The average molecular weight is 550 g/mol. The summed E-state index contributed by atoms with van der Waals surface area (Å²) in [6.45, 7) is 1.28. The number of allylic oxidation sites excluding steroid dienone is 1. The molecule has 2 unspecified atom stereocenters. The van der Waals surface area contributed by atoms with Gasteiger partial charge in [0.15, 0.2) is 0 Å². The van der Waals surface area contributed by atoms with Gasteiger partial charge in [0, 0.05) is 19.0 Å². The highest BCUT2D eigenvalue weighted by atomic mass is 32.2. The smallest absolute Gasteiger partial charge is 0.393 e. The number of piperidine rings is 1. The summed E-state index contributed by atoms with van der Waals surface area (Å²) in [5.74, 6) is 0.654. The van der Waals surface area contributed by atoms with Gasteiger partial charge in [0.05, 0.1) is 22.1 Å². The van der Waals surface area contributed by atoms with E-state index in [0.29, 0.717) is 44.4 Å². The minimum Gasteiger partial charge on any atom is -0.393 e. The van der Waals surface area contributed by atoms with E-state index < -0.39 is 23.5 Å². The molecule has 1 aliphatic carbocycles. The number of rotatable bonds is 5. The number of nitrogens with one attached hydrogen (secondary N) is 1. The van der Waals surface area contributed by atoms with E-state index in [-0.39, 0.29) is 41.4 Å². The van der Waals surface area contributed by atoms with E-state index in [1.54, 1.807) is 4.90 Å². The van der Waals surface area contributed by atoms with Gasteiger partial charge in [0.1, 0.15) is 5.84 Å². The molecule has 1 aromatic carbocycles. The summed E-state index contributed by atoms with van der Waals surface area (Å²) in [4.78, 5) is 19.1. The standard InChI is InChI=1S/C25H29F6N3O2S/c26-24(27,28)18-6-5-17(19(12-18)25(29,30)31)14-34-9-7-15(8-10-34)11-21-22(33-23(36)37-21)32-13-16-3-1-2-4-20(16)35/h5-6,11-12,15-16,20,35H,1-4,7-10,13-14H2,(H,32,33,36). The maximum absolute atomic E-state index is 13.5. The molecule has 0 bridgehead atoms. The van der Waals surface area contributed by atoms with Crippen LogP contribution in [0.5, 0.6) is 0 Å². The molecule has 3 fully saturated rings. The zero-order chi connectivity index (χ0) is 26.8. The molecule has 12 heteroatoms. The van der Waals surface area contributed by atoms with Crippen LogP contribution in [0.2, 0.25) is 0 Å². The number of halogens is 6. The van der Waals surface area contributed by atoms with Crippen molar-refractivity contribution in [2.24, 2.45) is 16.8 Å². The number of benzene rings is 1. The van der Waals surface area contributed by atoms with Gasteiger partial charge in [-0.15, -0.1) is 0 Å². The maximum atomic E-state index is 13.5. The topological polar surface area (TPSA) is 64.9 Å². The SMILES string of the molecule is O=C1NC(=NCC2CCCCC2O)C(=CC2CCN(Cc3ccc(C(F)(F)F)cc3C(F)(F)F)CC2)S1. The number of amidine groups is 1. The molecule has 2 saturated heterocycles. The number of amides is 1. The molecule has 0 spiro atoms. The third kappa shape index (κ3) is 7.29. The lowest BCUT2D eigenvalue weighted by Gasteiger charge is -2.31. The minimum absolute atomic E-state index is 0.0695. The molecule has 3 aliphatic rings. The summed E-state index contributed by atoms with van der Waals surface area (Å²) >= 11 is 1.05. The largest absolute Gasteiger partial charge is 0.416 e. The van der Waals surface area contributed by atoms with Crippen molar-refractivity contribution in [3.05, 3.63) is 45.9 Å².